The van der Waals surface area contributed by atoms with Gasteiger partial charge in [-0.15, -0.1) is 24.0 Å². The molecule has 4 N–H and O–H groups in total. The van der Waals surface area contributed by atoms with Gasteiger partial charge < -0.3 is 20.8 Å². The van der Waals surface area contributed by atoms with Crippen molar-refractivity contribution in [3.63, 3.8) is 0 Å². The van der Waals surface area contributed by atoms with Crippen molar-refractivity contribution in [2.24, 2.45) is 16.6 Å². The van der Waals surface area contributed by atoms with Crippen molar-refractivity contribution in [2.45, 2.75) is 32.0 Å². The Morgan fingerprint density at radius 1 is 1.32 bits per heavy atom. The molecule has 0 radical (unpaired) electrons. The summed E-state index contributed by atoms with van der Waals surface area (Å²) in [6, 6.07) is 3.18. The predicted molar refractivity (Wildman–Crippen MR) is 111 cm³/mol. The number of aliphatic imine (C=N–C) groups is 1. The van der Waals surface area contributed by atoms with Crippen molar-refractivity contribution in [3.8, 4) is 0 Å². The van der Waals surface area contributed by atoms with Crippen molar-refractivity contribution in [1.29, 1.82) is 0 Å². The average Bonchev–Trinajstić information content (AvgIpc) is 3.07. The Hall–Kier alpha value is -1.50. The van der Waals surface area contributed by atoms with E-state index < -0.39 is 18.6 Å². The highest BCUT2D eigenvalue weighted by Crippen LogP contribution is 2.23. The van der Waals surface area contributed by atoms with Crippen LogP contribution in [0.25, 0.3) is 0 Å². The number of carbonyl (C=O) groups is 1. The quantitative estimate of drug-likeness (QED) is 0.293. The summed E-state index contributed by atoms with van der Waals surface area (Å²) < 4.78 is 42.5. The molecule has 0 saturated carbocycles. The summed E-state index contributed by atoms with van der Waals surface area (Å²) in [5, 5.41) is 6.25. The lowest BCUT2D eigenvalue weighted by Gasteiger charge is -2.32. The maximum atomic E-state index is 12.4. The molecule has 0 atom stereocenters. The minimum Gasteiger partial charge on any atom is -0.454 e. The molecule has 0 unspecified atom stereocenters. The third-order valence-electron chi connectivity index (χ3n) is 4.51. The molecular weight excluding hydrogens is 490 g/mol. The lowest BCUT2D eigenvalue weighted by atomic mass is 9.93. The number of amides is 1. The monoisotopic (exact) mass is 517 g/mol. The first-order chi connectivity index (χ1) is 12.8. The fourth-order valence-electron chi connectivity index (χ4n) is 3.08. The van der Waals surface area contributed by atoms with E-state index in [0.29, 0.717) is 43.8 Å². The van der Waals surface area contributed by atoms with Crippen LogP contribution in [0.15, 0.2) is 21.5 Å². The van der Waals surface area contributed by atoms with E-state index in [1.807, 2.05) is 0 Å². The number of nitrogens with zero attached hydrogens (tertiary/aromatic N) is 2. The molecule has 160 valence electrons. The highest BCUT2D eigenvalue weighted by Gasteiger charge is 2.32. The number of rotatable bonds is 7. The summed E-state index contributed by atoms with van der Waals surface area (Å²) in [5.74, 6) is 1.03. The molecule has 0 aromatic carbocycles. The SMILES string of the molecule is CN=C(NCCC1CCN(CC(F)(F)F)CC1)NCc1ccc(C(N)=O)o1.I. The van der Waals surface area contributed by atoms with Crippen LogP contribution in [0.1, 0.15) is 35.6 Å². The first-order valence-electron chi connectivity index (χ1n) is 8.89. The molecule has 2 rings (SSSR count). The largest absolute Gasteiger partial charge is 0.454 e. The van der Waals surface area contributed by atoms with Crippen LogP contribution in [0.2, 0.25) is 0 Å². The number of likely N-dealkylation sites (tertiary alicyclic amines) is 1. The van der Waals surface area contributed by atoms with Crippen LogP contribution in [0, 0.1) is 5.92 Å². The van der Waals surface area contributed by atoms with Gasteiger partial charge >= 0.3 is 6.18 Å². The maximum Gasteiger partial charge on any atom is 0.401 e. The van der Waals surface area contributed by atoms with Gasteiger partial charge in [-0.3, -0.25) is 14.7 Å². The normalized spacial score (nSPS) is 16.5. The average molecular weight is 517 g/mol. The Balaban J connectivity index is 0.00000392. The number of furan rings is 1. The van der Waals surface area contributed by atoms with Crippen LogP contribution < -0.4 is 16.4 Å². The Labute approximate surface area is 179 Å². The lowest BCUT2D eigenvalue weighted by molar-refractivity contribution is -0.148. The van der Waals surface area contributed by atoms with Gasteiger partial charge in [-0.05, 0) is 50.4 Å². The van der Waals surface area contributed by atoms with Crippen molar-refractivity contribution < 1.29 is 22.4 Å². The van der Waals surface area contributed by atoms with E-state index in [-0.39, 0.29) is 29.7 Å². The summed E-state index contributed by atoms with van der Waals surface area (Å²) in [7, 11) is 1.64. The predicted octanol–water partition coefficient (Wildman–Crippen LogP) is 2.33. The topological polar surface area (TPSA) is 95.9 Å². The van der Waals surface area contributed by atoms with Crippen molar-refractivity contribution in [3.05, 3.63) is 23.7 Å². The number of hydrogen-bond acceptors (Lipinski definition) is 4. The lowest BCUT2D eigenvalue weighted by Crippen LogP contribution is -2.41. The van der Waals surface area contributed by atoms with Gasteiger partial charge in [-0.1, -0.05) is 0 Å². The molecule has 0 aliphatic carbocycles. The van der Waals surface area contributed by atoms with Crippen LogP contribution in [0.5, 0.6) is 0 Å². The van der Waals surface area contributed by atoms with E-state index in [0.717, 1.165) is 19.3 Å². The number of carbonyl (C=O) groups excluding carboxylic acids is 1. The first-order valence-corrected chi connectivity index (χ1v) is 8.89. The number of alkyl halides is 3. The van der Waals surface area contributed by atoms with Crippen LogP contribution in [0.3, 0.4) is 0 Å². The third-order valence-corrected chi connectivity index (χ3v) is 4.51. The van der Waals surface area contributed by atoms with E-state index in [1.165, 1.54) is 11.0 Å². The molecule has 11 heteroatoms. The zero-order chi connectivity index (χ0) is 19.9. The number of primary amides is 1. The minimum atomic E-state index is -4.13. The van der Waals surface area contributed by atoms with Gasteiger partial charge in [0, 0.05) is 13.6 Å². The number of halogens is 4. The molecule has 1 fully saturated rings. The van der Waals surface area contributed by atoms with Gasteiger partial charge in [0.1, 0.15) is 5.76 Å². The highest BCUT2D eigenvalue weighted by molar-refractivity contribution is 14.0. The van der Waals surface area contributed by atoms with E-state index >= 15 is 0 Å². The molecule has 1 aromatic rings. The summed E-state index contributed by atoms with van der Waals surface area (Å²) in [4.78, 5) is 16.6. The number of piperidine rings is 1. The van der Waals surface area contributed by atoms with Gasteiger partial charge in [0.2, 0.25) is 0 Å². The van der Waals surface area contributed by atoms with Crippen LogP contribution in [-0.2, 0) is 6.54 Å². The van der Waals surface area contributed by atoms with Crippen molar-refractivity contribution in [1.82, 2.24) is 15.5 Å². The zero-order valence-corrected chi connectivity index (χ0v) is 18.0. The molecule has 1 amide bonds. The van der Waals surface area contributed by atoms with Crippen molar-refractivity contribution >= 4 is 35.8 Å². The van der Waals surface area contributed by atoms with Crippen LogP contribution in [0.4, 0.5) is 13.2 Å². The fourth-order valence-corrected chi connectivity index (χ4v) is 3.08. The molecule has 2 heterocycles. The molecule has 1 aliphatic rings. The van der Waals surface area contributed by atoms with Crippen molar-refractivity contribution in [2.75, 3.05) is 33.2 Å². The van der Waals surface area contributed by atoms with Crippen LogP contribution in [-0.4, -0.2) is 56.2 Å². The number of guanidine groups is 1. The Morgan fingerprint density at radius 2 is 2.00 bits per heavy atom. The van der Waals surface area contributed by atoms with Gasteiger partial charge in [0.05, 0.1) is 13.1 Å². The Morgan fingerprint density at radius 3 is 2.54 bits per heavy atom. The van der Waals surface area contributed by atoms with E-state index in [9.17, 15) is 18.0 Å². The molecule has 1 aromatic heterocycles. The summed E-state index contributed by atoms with van der Waals surface area (Å²) in [6.07, 6.45) is -1.72. The minimum absolute atomic E-state index is 0. The summed E-state index contributed by atoms with van der Waals surface area (Å²) >= 11 is 0. The van der Waals surface area contributed by atoms with E-state index in [4.69, 9.17) is 10.2 Å². The first kappa shape index (κ1) is 24.5. The van der Waals surface area contributed by atoms with Gasteiger partial charge in [0.25, 0.3) is 5.91 Å². The van der Waals surface area contributed by atoms with E-state index in [1.54, 1.807) is 13.1 Å². The maximum absolute atomic E-state index is 12.4. The Kier molecular flexibility index (Phi) is 10.1. The van der Waals surface area contributed by atoms with Crippen LogP contribution >= 0.6 is 24.0 Å². The standard InChI is InChI=1S/C17H26F3N5O2.HI/c1-22-16(24-10-13-2-3-14(27-13)15(21)26)23-7-4-12-5-8-25(9-6-12)11-17(18,19)20;/h2-3,12H,4-11H2,1H3,(H2,21,26)(H2,22,23,24);1H. The van der Waals surface area contributed by atoms with Gasteiger partial charge in [-0.25, -0.2) is 0 Å². The van der Waals surface area contributed by atoms with Gasteiger partial charge in [0.15, 0.2) is 11.7 Å². The molecule has 0 spiro atoms. The van der Waals surface area contributed by atoms with E-state index in [2.05, 4.69) is 15.6 Å². The zero-order valence-electron chi connectivity index (χ0n) is 15.7. The molecular formula is C17H27F3IN5O2. The number of nitrogens with two attached hydrogens (primary N) is 1. The molecule has 1 saturated heterocycles. The number of nitrogens with one attached hydrogen (secondary N) is 2. The smallest absolute Gasteiger partial charge is 0.401 e. The third kappa shape index (κ3) is 8.67. The summed E-state index contributed by atoms with van der Waals surface area (Å²) in [5.41, 5.74) is 5.14. The fraction of sp³-hybridized carbons (Fsp3) is 0.647. The van der Waals surface area contributed by atoms with Gasteiger partial charge in [-0.2, -0.15) is 13.2 Å². The second kappa shape index (κ2) is 11.5. The second-order valence-corrected chi connectivity index (χ2v) is 6.61. The number of hydrogen-bond donors (Lipinski definition) is 3. The molecule has 7 nitrogen and oxygen atoms in total. The highest BCUT2D eigenvalue weighted by atomic mass is 127. The molecule has 28 heavy (non-hydrogen) atoms. The summed E-state index contributed by atoms with van der Waals surface area (Å²) in [6.45, 7) is 1.17. The second-order valence-electron chi connectivity index (χ2n) is 6.61. The molecule has 1 aliphatic heterocycles. The Bertz CT molecular complexity index is 643. The molecule has 0 bridgehead atoms.